The minimum Gasteiger partial charge on any atom is -0.335 e. The quantitative estimate of drug-likeness (QED) is 0.845. The van der Waals surface area contributed by atoms with Crippen molar-refractivity contribution >= 4 is 17.5 Å². The first-order chi connectivity index (χ1) is 10.3. The van der Waals surface area contributed by atoms with E-state index >= 15 is 0 Å². The molecule has 0 heterocycles. The number of anilines is 1. The SMILES string of the molecule is CCC(C)C(N)C(=O)N(C)CC(=O)Nc1c(C)cccc1C. The van der Waals surface area contributed by atoms with Crippen molar-refractivity contribution in [3.63, 3.8) is 0 Å². The molecule has 0 fully saturated rings. The van der Waals surface area contributed by atoms with Crippen LogP contribution in [-0.4, -0.2) is 36.3 Å². The number of nitrogens with two attached hydrogens (primary N) is 1. The Kier molecular flexibility index (Phi) is 6.56. The van der Waals surface area contributed by atoms with Gasteiger partial charge in [-0.3, -0.25) is 9.59 Å². The summed E-state index contributed by atoms with van der Waals surface area (Å²) < 4.78 is 0. The number of rotatable bonds is 6. The highest BCUT2D eigenvalue weighted by atomic mass is 16.2. The van der Waals surface area contributed by atoms with Crippen LogP contribution in [0.25, 0.3) is 0 Å². The van der Waals surface area contributed by atoms with Gasteiger partial charge in [0.25, 0.3) is 0 Å². The molecular weight excluding hydrogens is 278 g/mol. The Bertz CT molecular complexity index is 522. The Balaban J connectivity index is 2.67. The van der Waals surface area contributed by atoms with Gasteiger partial charge in [0.2, 0.25) is 11.8 Å². The molecule has 0 spiro atoms. The molecular formula is C17H27N3O2. The number of benzene rings is 1. The first-order valence-corrected chi connectivity index (χ1v) is 7.64. The topological polar surface area (TPSA) is 75.4 Å². The molecule has 22 heavy (non-hydrogen) atoms. The Labute approximate surface area is 132 Å². The smallest absolute Gasteiger partial charge is 0.243 e. The lowest BCUT2D eigenvalue weighted by atomic mass is 9.99. The summed E-state index contributed by atoms with van der Waals surface area (Å²) in [6, 6.07) is 5.26. The van der Waals surface area contributed by atoms with Gasteiger partial charge in [-0.05, 0) is 30.9 Å². The normalized spacial score (nSPS) is 13.4. The molecule has 0 aliphatic carbocycles. The van der Waals surface area contributed by atoms with Gasteiger partial charge in [-0.2, -0.15) is 0 Å². The first-order valence-electron chi connectivity index (χ1n) is 7.64. The highest BCUT2D eigenvalue weighted by Crippen LogP contribution is 2.19. The number of hydrogen-bond acceptors (Lipinski definition) is 3. The second-order valence-electron chi connectivity index (χ2n) is 5.92. The van der Waals surface area contributed by atoms with Crippen molar-refractivity contribution in [2.75, 3.05) is 18.9 Å². The minimum atomic E-state index is -0.567. The average molecular weight is 305 g/mol. The van der Waals surface area contributed by atoms with Crippen LogP contribution < -0.4 is 11.1 Å². The van der Waals surface area contributed by atoms with Gasteiger partial charge >= 0.3 is 0 Å². The maximum absolute atomic E-state index is 12.2. The number of carbonyl (C=O) groups is 2. The summed E-state index contributed by atoms with van der Waals surface area (Å²) >= 11 is 0. The molecule has 0 aromatic heterocycles. The zero-order valence-electron chi connectivity index (χ0n) is 14.1. The first kappa shape index (κ1) is 18.2. The largest absolute Gasteiger partial charge is 0.335 e. The lowest BCUT2D eigenvalue weighted by molar-refractivity contribution is -0.135. The van der Waals surface area contributed by atoms with E-state index in [0.29, 0.717) is 0 Å². The molecule has 5 nitrogen and oxygen atoms in total. The molecule has 5 heteroatoms. The Hall–Kier alpha value is -1.88. The number of nitrogens with one attached hydrogen (secondary N) is 1. The maximum Gasteiger partial charge on any atom is 0.243 e. The molecule has 2 atom stereocenters. The number of hydrogen-bond donors (Lipinski definition) is 2. The van der Waals surface area contributed by atoms with Crippen molar-refractivity contribution < 1.29 is 9.59 Å². The lowest BCUT2D eigenvalue weighted by Crippen LogP contribution is -2.47. The van der Waals surface area contributed by atoms with Crippen LogP contribution in [-0.2, 0) is 9.59 Å². The van der Waals surface area contributed by atoms with Crippen LogP contribution in [0.1, 0.15) is 31.4 Å². The second kappa shape index (κ2) is 7.94. The molecule has 0 aliphatic rings. The summed E-state index contributed by atoms with van der Waals surface area (Å²) in [5.74, 6) is -0.327. The van der Waals surface area contributed by atoms with Gasteiger partial charge < -0.3 is 16.0 Å². The van der Waals surface area contributed by atoms with E-state index in [1.807, 2.05) is 45.9 Å². The summed E-state index contributed by atoms with van der Waals surface area (Å²) in [4.78, 5) is 25.7. The summed E-state index contributed by atoms with van der Waals surface area (Å²) in [5, 5.41) is 2.87. The monoisotopic (exact) mass is 305 g/mol. The molecule has 2 unspecified atom stereocenters. The van der Waals surface area contributed by atoms with E-state index < -0.39 is 6.04 Å². The molecule has 0 saturated heterocycles. The van der Waals surface area contributed by atoms with Gasteiger partial charge in [0.1, 0.15) is 0 Å². The van der Waals surface area contributed by atoms with E-state index in [9.17, 15) is 9.59 Å². The number of amides is 2. The van der Waals surface area contributed by atoms with Crippen molar-refractivity contribution in [1.29, 1.82) is 0 Å². The third-order valence-electron chi connectivity index (χ3n) is 4.04. The zero-order valence-corrected chi connectivity index (χ0v) is 14.1. The van der Waals surface area contributed by atoms with E-state index in [-0.39, 0.29) is 24.3 Å². The molecule has 1 aromatic rings. The molecule has 2 amide bonds. The van der Waals surface area contributed by atoms with E-state index in [4.69, 9.17) is 5.73 Å². The van der Waals surface area contributed by atoms with Crippen molar-refractivity contribution in [3.8, 4) is 0 Å². The summed E-state index contributed by atoms with van der Waals surface area (Å²) in [6.07, 6.45) is 0.829. The predicted octanol–water partition coefficient (Wildman–Crippen LogP) is 2.07. The van der Waals surface area contributed by atoms with Gasteiger partial charge in [0, 0.05) is 12.7 Å². The molecule has 1 aromatic carbocycles. The van der Waals surface area contributed by atoms with Crippen molar-refractivity contribution in [3.05, 3.63) is 29.3 Å². The highest BCUT2D eigenvalue weighted by molar-refractivity contribution is 5.96. The Morgan fingerprint density at radius 2 is 1.82 bits per heavy atom. The number of para-hydroxylation sites is 1. The molecule has 0 radical (unpaired) electrons. The molecule has 0 aliphatic heterocycles. The van der Waals surface area contributed by atoms with E-state index in [0.717, 1.165) is 23.2 Å². The zero-order chi connectivity index (χ0) is 16.9. The Morgan fingerprint density at radius 1 is 1.27 bits per heavy atom. The van der Waals surface area contributed by atoms with Crippen LogP contribution in [0.15, 0.2) is 18.2 Å². The molecule has 1 rings (SSSR count). The molecule has 3 N–H and O–H groups in total. The number of nitrogens with zero attached hydrogens (tertiary/aromatic N) is 1. The average Bonchev–Trinajstić information content (AvgIpc) is 2.48. The van der Waals surface area contributed by atoms with Crippen LogP contribution in [0, 0.1) is 19.8 Å². The predicted molar refractivity (Wildman–Crippen MR) is 89.6 cm³/mol. The molecule has 122 valence electrons. The highest BCUT2D eigenvalue weighted by Gasteiger charge is 2.24. The summed E-state index contributed by atoms with van der Waals surface area (Å²) in [6.45, 7) is 7.81. The van der Waals surface area contributed by atoms with E-state index in [1.165, 1.54) is 4.90 Å². The third-order valence-corrected chi connectivity index (χ3v) is 4.04. The second-order valence-corrected chi connectivity index (χ2v) is 5.92. The van der Waals surface area contributed by atoms with Crippen molar-refractivity contribution in [1.82, 2.24) is 4.90 Å². The number of carbonyl (C=O) groups excluding carboxylic acids is 2. The van der Waals surface area contributed by atoms with Gasteiger partial charge in [-0.1, -0.05) is 38.5 Å². The minimum absolute atomic E-state index is 0.00323. The third kappa shape index (κ3) is 4.56. The van der Waals surface area contributed by atoms with Gasteiger partial charge in [-0.15, -0.1) is 0 Å². The fourth-order valence-corrected chi connectivity index (χ4v) is 2.24. The van der Waals surface area contributed by atoms with Crippen LogP contribution in [0.4, 0.5) is 5.69 Å². The number of likely N-dealkylation sites (N-methyl/N-ethyl adjacent to an activating group) is 1. The van der Waals surface area contributed by atoms with Crippen LogP contribution >= 0.6 is 0 Å². The van der Waals surface area contributed by atoms with Gasteiger partial charge in [0.15, 0.2) is 0 Å². The fraction of sp³-hybridized carbons (Fsp3) is 0.529. The van der Waals surface area contributed by atoms with Crippen LogP contribution in [0.5, 0.6) is 0 Å². The van der Waals surface area contributed by atoms with Crippen molar-refractivity contribution in [2.24, 2.45) is 11.7 Å². The van der Waals surface area contributed by atoms with E-state index in [1.54, 1.807) is 7.05 Å². The lowest BCUT2D eigenvalue weighted by Gasteiger charge is -2.24. The number of aryl methyl sites for hydroxylation is 2. The van der Waals surface area contributed by atoms with Gasteiger partial charge in [0.05, 0.1) is 12.6 Å². The van der Waals surface area contributed by atoms with Crippen LogP contribution in [0.3, 0.4) is 0 Å². The molecule has 0 bridgehead atoms. The van der Waals surface area contributed by atoms with E-state index in [2.05, 4.69) is 5.32 Å². The van der Waals surface area contributed by atoms with Crippen LogP contribution in [0.2, 0.25) is 0 Å². The van der Waals surface area contributed by atoms with Crippen molar-refractivity contribution in [2.45, 2.75) is 40.2 Å². The Morgan fingerprint density at radius 3 is 2.32 bits per heavy atom. The molecule has 0 saturated carbocycles. The fourth-order valence-electron chi connectivity index (χ4n) is 2.24. The standard InChI is InChI=1S/C17H27N3O2/c1-6-11(2)15(18)17(22)20(5)10-14(21)19-16-12(3)8-7-9-13(16)4/h7-9,11,15H,6,10,18H2,1-5H3,(H,19,21). The van der Waals surface area contributed by atoms with Gasteiger partial charge in [-0.25, -0.2) is 0 Å². The summed E-state index contributed by atoms with van der Waals surface area (Å²) in [5.41, 5.74) is 8.73. The summed E-state index contributed by atoms with van der Waals surface area (Å²) in [7, 11) is 1.61. The maximum atomic E-state index is 12.2.